The van der Waals surface area contributed by atoms with Gasteiger partial charge in [-0.15, -0.1) is 0 Å². The first-order chi connectivity index (χ1) is 11.6. The predicted octanol–water partition coefficient (Wildman–Crippen LogP) is 3.19. The van der Waals surface area contributed by atoms with Gasteiger partial charge in [-0.2, -0.15) is 0 Å². The third-order valence-corrected chi connectivity index (χ3v) is 5.33. The van der Waals surface area contributed by atoms with Crippen molar-refractivity contribution in [2.45, 2.75) is 19.8 Å². The number of aromatic nitrogens is 1. The summed E-state index contributed by atoms with van der Waals surface area (Å²) in [6.45, 7) is 3.85. The van der Waals surface area contributed by atoms with E-state index in [2.05, 4.69) is 32.1 Å². The van der Waals surface area contributed by atoms with Gasteiger partial charge >= 0.3 is 0 Å². The second-order valence-electron chi connectivity index (χ2n) is 5.80. The summed E-state index contributed by atoms with van der Waals surface area (Å²) in [5.74, 6) is 0.708. The Labute approximate surface area is 143 Å². The average molecular weight is 346 g/mol. The normalized spacial score (nSPS) is 14.6. The lowest BCUT2D eigenvalue weighted by atomic mass is 10.2. The van der Waals surface area contributed by atoms with E-state index in [1.165, 1.54) is 24.7 Å². The minimum absolute atomic E-state index is 0.0381. The summed E-state index contributed by atoms with van der Waals surface area (Å²) in [6, 6.07) is 11.7. The molecule has 0 radical (unpaired) electrons. The molecule has 0 unspecified atom stereocenters. The Balaban J connectivity index is 1.63. The van der Waals surface area contributed by atoms with Gasteiger partial charge in [-0.3, -0.25) is 4.72 Å². The van der Waals surface area contributed by atoms with E-state index in [0.717, 1.165) is 18.8 Å². The molecule has 0 spiro atoms. The van der Waals surface area contributed by atoms with E-state index in [-0.39, 0.29) is 5.75 Å². The molecule has 7 heteroatoms. The monoisotopic (exact) mass is 346 g/mol. The van der Waals surface area contributed by atoms with E-state index < -0.39 is 10.0 Å². The van der Waals surface area contributed by atoms with Crippen molar-refractivity contribution in [3.05, 3.63) is 42.6 Å². The van der Waals surface area contributed by atoms with Crippen LogP contribution in [-0.4, -0.2) is 32.2 Å². The fourth-order valence-corrected chi connectivity index (χ4v) is 3.28. The molecule has 1 aromatic carbocycles. The zero-order valence-corrected chi connectivity index (χ0v) is 14.5. The van der Waals surface area contributed by atoms with Crippen LogP contribution in [0.2, 0.25) is 0 Å². The van der Waals surface area contributed by atoms with E-state index >= 15 is 0 Å². The summed E-state index contributed by atoms with van der Waals surface area (Å²) >= 11 is 0. The zero-order valence-electron chi connectivity index (χ0n) is 13.7. The van der Waals surface area contributed by atoms with Crippen molar-refractivity contribution in [2.24, 2.45) is 0 Å². The van der Waals surface area contributed by atoms with Gasteiger partial charge in [0.05, 0.1) is 17.6 Å². The van der Waals surface area contributed by atoms with Gasteiger partial charge < -0.3 is 10.2 Å². The molecule has 1 saturated heterocycles. The van der Waals surface area contributed by atoms with Crippen LogP contribution in [-0.2, 0) is 10.0 Å². The number of hydrogen-bond acceptors (Lipinski definition) is 5. The van der Waals surface area contributed by atoms with Crippen molar-refractivity contribution in [1.82, 2.24) is 4.98 Å². The molecule has 6 nitrogen and oxygen atoms in total. The van der Waals surface area contributed by atoms with Crippen LogP contribution in [0.4, 0.5) is 22.9 Å². The maximum atomic E-state index is 11.5. The quantitative estimate of drug-likeness (QED) is 0.840. The van der Waals surface area contributed by atoms with Crippen LogP contribution in [0.1, 0.15) is 19.8 Å². The molecule has 2 aromatic rings. The largest absolute Gasteiger partial charge is 0.372 e. The van der Waals surface area contributed by atoms with Gasteiger partial charge in [0.2, 0.25) is 10.0 Å². The summed E-state index contributed by atoms with van der Waals surface area (Å²) in [5, 5.41) is 3.22. The van der Waals surface area contributed by atoms with Gasteiger partial charge in [-0.05, 0) is 56.2 Å². The lowest BCUT2D eigenvalue weighted by molar-refractivity contribution is 0.602. The Morgan fingerprint density at radius 3 is 2.29 bits per heavy atom. The standard InChI is InChI=1S/C17H22N4O2S/c1-2-24(22,23)20-15-7-10-17(18-13-15)19-14-5-8-16(9-6-14)21-11-3-4-12-21/h5-10,13,20H,2-4,11-12H2,1H3,(H,18,19). The minimum Gasteiger partial charge on any atom is -0.372 e. The van der Waals surface area contributed by atoms with E-state index in [1.807, 2.05) is 12.1 Å². The number of nitrogens with zero attached hydrogens (tertiary/aromatic N) is 2. The molecule has 1 aliphatic heterocycles. The molecule has 0 saturated carbocycles. The van der Waals surface area contributed by atoms with Gasteiger partial charge in [-0.1, -0.05) is 0 Å². The lowest BCUT2D eigenvalue weighted by Gasteiger charge is -2.17. The fraction of sp³-hybridized carbons (Fsp3) is 0.353. The predicted molar refractivity (Wildman–Crippen MR) is 98.5 cm³/mol. The van der Waals surface area contributed by atoms with Gasteiger partial charge in [0, 0.05) is 24.5 Å². The van der Waals surface area contributed by atoms with Gasteiger partial charge in [0.25, 0.3) is 0 Å². The number of sulfonamides is 1. The molecule has 1 aliphatic rings. The molecule has 3 rings (SSSR count). The van der Waals surface area contributed by atoms with Crippen LogP contribution >= 0.6 is 0 Å². The van der Waals surface area contributed by atoms with E-state index in [4.69, 9.17) is 0 Å². The Morgan fingerprint density at radius 2 is 1.71 bits per heavy atom. The van der Waals surface area contributed by atoms with E-state index in [1.54, 1.807) is 19.1 Å². The van der Waals surface area contributed by atoms with Crippen molar-refractivity contribution in [3.63, 3.8) is 0 Å². The number of benzene rings is 1. The van der Waals surface area contributed by atoms with Gasteiger partial charge in [0.1, 0.15) is 5.82 Å². The van der Waals surface area contributed by atoms with Crippen molar-refractivity contribution in [1.29, 1.82) is 0 Å². The Morgan fingerprint density at radius 1 is 1.04 bits per heavy atom. The first-order valence-electron chi connectivity index (χ1n) is 8.14. The smallest absolute Gasteiger partial charge is 0.232 e. The Hall–Kier alpha value is -2.28. The van der Waals surface area contributed by atoms with Crippen LogP contribution in [0.3, 0.4) is 0 Å². The van der Waals surface area contributed by atoms with Crippen molar-refractivity contribution < 1.29 is 8.42 Å². The summed E-state index contributed by atoms with van der Waals surface area (Å²) in [4.78, 5) is 6.63. The van der Waals surface area contributed by atoms with Crippen molar-refractivity contribution in [3.8, 4) is 0 Å². The molecule has 2 heterocycles. The molecule has 2 N–H and O–H groups in total. The lowest BCUT2D eigenvalue weighted by Crippen LogP contribution is -2.17. The van der Waals surface area contributed by atoms with Crippen LogP contribution in [0.5, 0.6) is 0 Å². The van der Waals surface area contributed by atoms with Crippen molar-refractivity contribution >= 4 is 32.9 Å². The molecule has 0 aliphatic carbocycles. The highest BCUT2D eigenvalue weighted by Crippen LogP contribution is 2.23. The highest BCUT2D eigenvalue weighted by Gasteiger charge is 2.12. The third kappa shape index (κ3) is 4.17. The van der Waals surface area contributed by atoms with E-state index in [9.17, 15) is 8.42 Å². The second kappa shape index (κ2) is 7.09. The topological polar surface area (TPSA) is 74.3 Å². The zero-order chi connectivity index (χ0) is 17.0. The Bertz CT molecular complexity index is 767. The van der Waals surface area contributed by atoms with Crippen LogP contribution in [0.15, 0.2) is 42.6 Å². The van der Waals surface area contributed by atoms with Crippen LogP contribution < -0.4 is 14.9 Å². The maximum absolute atomic E-state index is 11.5. The van der Waals surface area contributed by atoms with Crippen molar-refractivity contribution in [2.75, 3.05) is 33.8 Å². The number of nitrogens with one attached hydrogen (secondary N) is 2. The van der Waals surface area contributed by atoms with E-state index in [0.29, 0.717) is 11.5 Å². The minimum atomic E-state index is -3.27. The molecule has 128 valence electrons. The molecule has 0 amide bonds. The Kier molecular flexibility index (Phi) is 4.89. The number of pyridine rings is 1. The van der Waals surface area contributed by atoms with Crippen LogP contribution in [0, 0.1) is 0 Å². The summed E-state index contributed by atoms with van der Waals surface area (Å²) in [6.07, 6.45) is 4.03. The summed E-state index contributed by atoms with van der Waals surface area (Å²) < 4.78 is 25.5. The van der Waals surface area contributed by atoms with Crippen LogP contribution in [0.25, 0.3) is 0 Å². The summed E-state index contributed by atoms with van der Waals surface area (Å²) in [5.41, 5.74) is 2.66. The number of rotatable bonds is 6. The number of anilines is 4. The average Bonchev–Trinajstić information content (AvgIpc) is 3.12. The summed E-state index contributed by atoms with van der Waals surface area (Å²) in [7, 11) is -3.27. The first kappa shape index (κ1) is 16.6. The molecule has 24 heavy (non-hydrogen) atoms. The number of hydrogen-bond donors (Lipinski definition) is 2. The van der Waals surface area contributed by atoms with Gasteiger partial charge in [-0.25, -0.2) is 13.4 Å². The molecule has 1 aromatic heterocycles. The second-order valence-corrected chi connectivity index (χ2v) is 7.81. The molecule has 1 fully saturated rings. The molecule has 0 bridgehead atoms. The SMILES string of the molecule is CCS(=O)(=O)Nc1ccc(Nc2ccc(N3CCCC3)cc2)nc1. The first-order valence-corrected chi connectivity index (χ1v) is 9.79. The fourth-order valence-electron chi connectivity index (χ4n) is 2.66. The molecule has 0 atom stereocenters. The third-order valence-electron chi connectivity index (χ3n) is 4.03. The van der Waals surface area contributed by atoms with Gasteiger partial charge in [0.15, 0.2) is 0 Å². The molecular formula is C17H22N4O2S. The highest BCUT2D eigenvalue weighted by molar-refractivity contribution is 7.92. The highest BCUT2D eigenvalue weighted by atomic mass is 32.2. The maximum Gasteiger partial charge on any atom is 0.232 e. The molecular weight excluding hydrogens is 324 g/mol.